The quantitative estimate of drug-likeness (QED) is 0.810. The van der Waals surface area contributed by atoms with E-state index in [1.165, 1.54) is 16.9 Å². The van der Waals surface area contributed by atoms with E-state index in [4.69, 9.17) is 0 Å². The highest BCUT2D eigenvalue weighted by atomic mass is 32.1. The van der Waals surface area contributed by atoms with Gasteiger partial charge in [-0.1, -0.05) is 0 Å². The van der Waals surface area contributed by atoms with Gasteiger partial charge in [0.05, 0.1) is 12.1 Å². The summed E-state index contributed by atoms with van der Waals surface area (Å²) in [5.41, 5.74) is -1.09. The molecule has 0 atom stereocenters. The molecule has 3 nitrogen and oxygen atoms in total. The lowest BCUT2D eigenvalue weighted by atomic mass is 10.1. The van der Waals surface area contributed by atoms with Gasteiger partial charge in [0.1, 0.15) is 5.82 Å². The van der Waals surface area contributed by atoms with E-state index in [1.54, 1.807) is 0 Å². The zero-order valence-electron chi connectivity index (χ0n) is 9.36. The van der Waals surface area contributed by atoms with Crippen molar-refractivity contribution in [3.05, 3.63) is 47.4 Å². The molecule has 1 heterocycles. The number of halogens is 4. The summed E-state index contributed by atoms with van der Waals surface area (Å²) in [6.07, 6.45) is -3.11. The van der Waals surface area contributed by atoms with Crippen LogP contribution in [0.5, 0.6) is 0 Å². The SMILES string of the molecule is Fc1ccc(C(F)(F)F)c(Cn2ccc(N=S)n2)c1. The molecule has 1 aromatic heterocycles. The lowest BCUT2D eigenvalue weighted by Gasteiger charge is -2.12. The molecule has 0 spiro atoms. The number of nitrogens with zero attached hydrogens (tertiary/aromatic N) is 3. The third-order valence-corrected chi connectivity index (χ3v) is 2.61. The van der Waals surface area contributed by atoms with Gasteiger partial charge in [-0.25, -0.2) is 4.39 Å². The van der Waals surface area contributed by atoms with Gasteiger partial charge in [-0.3, -0.25) is 4.68 Å². The first-order valence-electron chi connectivity index (χ1n) is 5.12. The number of alkyl halides is 3. The Morgan fingerprint density at radius 2 is 2.00 bits per heavy atom. The smallest absolute Gasteiger partial charge is 0.266 e. The molecule has 0 saturated heterocycles. The molecule has 19 heavy (non-hydrogen) atoms. The first-order chi connectivity index (χ1) is 8.90. The third-order valence-electron chi connectivity index (χ3n) is 2.43. The molecule has 0 bridgehead atoms. The molecule has 0 saturated carbocycles. The Morgan fingerprint density at radius 3 is 2.58 bits per heavy atom. The van der Waals surface area contributed by atoms with Crippen molar-refractivity contribution in [3.63, 3.8) is 0 Å². The van der Waals surface area contributed by atoms with Crippen LogP contribution < -0.4 is 0 Å². The van der Waals surface area contributed by atoms with Crippen molar-refractivity contribution < 1.29 is 17.6 Å². The molecule has 0 N–H and O–H groups in total. The van der Waals surface area contributed by atoms with E-state index >= 15 is 0 Å². The van der Waals surface area contributed by atoms with Gasteiger partial charge < -0.3 is 0 Å². The van der Waals surface area contributed by atoms with Crippen LogP contribution in [0.4, 0.5) is 23.4 Å². The Morgan fingerprint density at radius 1 is 1.26 bits per heavy atom. The number of benzene rings is 1. The van der Waals surface area contributed by atoms with Gasteiger partial charge in [0.2, 0.25) is 0 Å². The number of aromatic nitrogens is 2. The topological polar surface area (TPSA) is 30.2 Å². The predicted molar refractivity (Wildman–Crippen MR) is 62.2 cm³/mol. The van der Waals surface area contributed by atoms with E-state index in [0.717, 1.165) is 12.1 Å². The standard InChI is InChI=1S/C11H7F4N3S/c12-8-1-2-9(11(13,14)15)7(5-8)6-18-4-3-10(16-18)17-19/h1-5H,6H2. The molecule has 100 valence electrons. The van der Waals surface area contributed by atoms with Gasteiger partial charge in [0.25, 0.3) is 0 Å². The monoisotopic (exact) mass is 289 g/mol. The second-order valence-corrected chi connectivity index (χ2v) is 3.94. The number of hydrogen-bond donors (Lipinski definition) is 0. The highest BCUT2D eigenvalue weighted by molar-refractivity contribution is 7.47. The summed E-state index contributed by atoms with van der Waals surface area (Å²) in [4.78, 5) is 0. The van der Waals surface area contributed by atoms with Crippen LogP contribution in [0, 0.1) is 5.82 Å². The van der Waals surface area contributed by atoms with Crippen molar-refractivity contribution in [2.24, 2.45) is 4.36 Å². The fraction of sp³-hybridized carbons (Fsp3) is 0.182. The minimum absolute atomic E-state index is 0.202. The molecular formula is C11H7F4N3S. The normalized spacial score (nSPS) is 11.6. The average molecular weight is 289 g/mol. The number of hydrogen-bond acceptors (Lipinski definition) is 3. The summed E-state index contributed by atoms with van der Waals surface area (Å²) >= 11 is 4.41. The summed E-state index contributed by atoms with van der Waals surface area (Å²) in [7, 11) is 0. The van der Waals surface area contributed by atoms with Crippen molar-refractivity contribution in [2.75, 3.05) is 0 Å². The molecule has 2 rings (SSSR count). The summed E-state index contributed by atoms with van der Waals surface area (Å²) in [5, 5.41) is 3.83. The van der Waals surface area contributed by atoms with E-state index < -0.39 is 17.6 Å². The maximum atomic E-state index is 13.1. The molecule has 1 aromatic carbocycles. The lowest BCUT2D eigenvalue weighted by molar-refractivity contribution is -0.138. The van der Waals surface area contributed by atoms with Crippen LogP contribution in [0.15, 0.2) is 34.8 Å². The van der Waals surface area contributed by atoms with E-state index in [9.17, 15) is 17.6 Å². The van der Waals surface area contributed by atoms with Crippen molar-refractivity contribution in [1.82, 2.24) is 9.78 Å². The average Bonchev–Trinajstić information content (AvgIpc) is 2.75. The van der Waals surface area contributed by atoms with Crippen LogP contribution in [0.25, 0.3) is 0 Å². The Hall–Kier alpha value is -1.83. The molecule has 0 radical (unpaired) electrons. The fourth-order valence-electron chi connectivity index (χ4n) is 1.63. The van der Waals surface area contributed by atoms with Gasteiger partial charge in [-0.05, 0) is 23.8 Å². The Balaban J connectivity index is 2.38. The first kappa shape index (κ1) is 13.6. The maximum Gasteiger partial charge on any atom is 0.416 e. The first-order valence-corrected chi connectivity index (χ1v) is 5.49. The van der Waals surface area contributed by atoms with Crippen LogP contribution in [0.2, 0.25) is 0 Å². The second-order valence-electron chi connectivity index (χ2n) is 3.76. The fourth-order valence-corrected chi connectivity index (χ4v) is 1.73. The summed E-state index contributed by atoms with van der Waals surface area (Å²) in [6, 6.07) is 3.79. The van der Waals surface area contributed by atoms with Gasteiger partial charge in [-0.2, -0.15) is 22.6 Å². The second kappa shape index (κ2) is 5.04. The lowest BCUT2D eigenvalue weighted by Crippen LogP contribution is -2.12. The summed E-state index contributed by atoms with van der Waals surface area (Å²) in [5.74, 6) is -0.511. The van der Waals surface area contributed by atoms with Gasteiger partial charge >= 0.3 is 6.18 Å². The molecule has 0 aliphatic carbocycles. The largest absolute Gasteiger partial charge is 0.416 e. The van der Waals surface area contributed by atoms with E-state index in [2.05, 4.69) is 21.9 Å². The summed E-state index contributed by atoms with van der Waals surface area (Å²) < 4.78 is 56.0. The Labute approximate surface area is 111 Å². The predicted octanol–water partition coefficient (Wildman–Crippen LogP) is 3.45. The Kier molecular flexibility index (Phi) is 3.61. The zero-order chi connectivity index (χ0) is 14.0. The van der Waals surface area contributed by atoms with Crippen LogP contribution >= 0.6 is 0 Å². The van der Waals surface area contributed by atoms with Crippen LogP contribution in [0.3, 0.4) is 0 Å². The van der Waals surface area contributed by atoms with Crippen LogP contribution in [-0.4, -0.2) is 9.78 Å². The molecule has 8 heteroatoms. The van der Waals surface area contributed by atoms with Crippen molar-refractivity contribution in [2.45, 2.75) is 12.7 Å². The molecule has 0 aliphatic rings. The molecule has 2 aromatic rings. The molecule has 0 fully saturated rings. The molecule has 0 aliphatic heterocycles. The highest BCUT2D eigenvalue weighted by Crippen LogP contribution is 2.32. The summed E-state index contributed by atoms with van der Waals surface area (Å²) in [6.45, 7) is -0.211. The van der Waals surface area contributed by atoms with Gasteiger partial charge in [0.15, 0.2) is 5.82 Å². The molecule has 0 unspecified atom stereocenters. The van der Waals surface area contributed by atoms with Crippen LogP contribution in [0.1, 0.15) is 11.1 Å². The van der Waals surface area contributed by atoms with E-state index in [-0.39, 0.29) is 17.9 Å². The molecule has 0 amide bonds. The van der Waals surface area contributed by atoms with Crippen molar-refractivity contribution in [3.8, 4) is 0 Å². The minimum atomic E-state index is -4.54. The third kappa shape index (κ3) is 3.14. The Bertz CT molecular complexity index is 606. The van der Waals surface area contributed by atoms with Crippen molar-refractivity contribution in [1.29, 1.82) is 0 Å². The van der Waals surface area contributed by atoms with Gasteiger partial charge in [-0.15, -0.1) is 0 Å². The van der Waals surface area contributed by atoms with Gasteiger partial charge in [0, 0.05) is 24.7 Å². The van der Waals surface area contributed by atoms with Crippen molar-refractivity contribution >= 4 is 18.2 Å². The molecular weight excluding hydrogens is 282 g/mol. The minimum Gasteiger partial charge on any atom is -0.266 e. The zero-order valence-corrected chi connectivity index (χ0v) is 10.2. The van der Waals surface area contributed by atoms with Crippen LogP contribution in [-0.2, 0) is 25.1 Å². The number of rotatable bonds is 3. The van der Waals surface area contributed by atoms with E-state index in [1.807, 2.05) is 0 Å². The highest BCUT2D eigenvalue weighted by Gasteiger charge is 2.33. The maximum absolute atomic E-state index is 13.1. The van der Waals surface area contributed by atoms with E-state index in [0.29, 0.717) is 6.07 Å².